The SMILES string of the molecule is CCN(CC(C)(C)C)[C@H](c1ccccc1)[C@@H](c1ccccc1)N(CC)CC(C)(C)C. The molecule has 166 valence electrons. The third-order valence-corrected chi connectivity index (χ3v) is 5.54. The van der Waals surface area contributed by atoms with Gasteiger partial charge in [0, 0.05) is 13.1 Å². The third kappa shape index (κ3) is 7.25. The molecule has 2 aromatic carbocycles. The van der Waals surface area contributed by atoms with E-state index in [-0.39, 0.29) is 10.8 Å². The van der Waals surface area contributed by atoms with Crippen molar-refractivity contribution >= 4 is 0 Å². The Hall–Kier alpha value is -1.64. The van der Waals surface area contributed by atoms with Crippen molar-refractivity contribution in [2.24, 2.45) is 10.8 Å². The minimum Gasteiger partial charge on any atom is -0.294 e. The van der Waals surface area contributed by atoms with Gasteiger partial charge in [0.2, 0.25) is 0 Å². The zero-order chi connectivity index (χ0) is 22.4. The molecule has 0 saturated heterocycles. The van der Waals surface area contributed by atoms with Gasteiger partial charge in [-0.05, 0) is 35.0 Å². The van der Waals surface area contributed by atoms with Crippen LogP contribution in [-0.2, 0) is 0 Å². The van der Waals surface area contributed by atoms with E-state index in [2.05, 4.69) is 126 Å². The van der Waals surface area contributed by atoms with Crippen molar-refractivity contribution in [1.29, 1.82) is 0 Å². The molecule has 0 aliphatic rings. The number of hydrogen-bond donors (Lipinski definition) is 0. The number of likely N-dealkylation sites (N-methyl/N-ethyl adjacent to an activating group) is 2. The van der Waals surface area contributed by atoms with Gasteiger partial charge in [-0.1, -0.05) is 116 Å². The van der Waals surface area contributed by atoms with E-state index in [1.165, 1.54) is 11.1 Å². The first-order chi connectivity index (χ1) is 14.1. The molecule has 0 amide bonds. The first-order valence-corrected chi connectivity index (χ1v) is 11.6. The fourth-order valence-corrected chi connectivity index (χ4v) is 4.52. The Morgan fingerprint density at radius 3 is 1.10 bits per heavy atom. The zero-order valence-corrected chi connectivity index (χ0v) is 20.7. The lowest BCUT2D eigenvalue weighted by Crippen LogP contribution is -2.45. The van der Waals surface area contributed by atoms with Crippen LogP contribution in [0.15, 0.2) is 60.7 Å². The van der Waals surface area contributed by atoms with Crippen molar-refractivity contribution < 1.29 is 0 Å². The molecule has 0 aliphatic heterocycles. The van der Waals surface area contributed by atoms with Crippen LogP contribution in [-0.4, -0.2) is 36.0 Å². The lowest BCUT2D eigenvalue weighted by atomic mass is 9.86. The highest BCUT2D eigenvalue weighted by molar-refractivity contribution is 5.28. The quantitative estimate of drug-likeness (QED) is 0.432. The van der Waals surface area contributed by atoms with Crippen LogP contribution in [0.2, 0.25) is 0 Å². The molecule has 0 aromatic heterocycles. The van der Waals surface area contributed by atoms with E-state index in [0.29, 0.717) is 12.1 Å². The summed E-state index contributed by atoms with van der Waals surface area (Å²) in [5, 5.41) is 0. The van der Waals surface area contributed by atoms with Crippen LogP contribution in [0.4, 0.5) is 0 Å². The van der Waals surface area contributed by atoms with Gasteiger partial charge >= 0.3 is 0 Å². The van der Waals surface area contributed by atoms with E-state index in [1.807, 2.05) is 0 Å². The van der Waals surface area contributed by atoms with Crippen molar-refractivity contribution in [1.82, 2.24) is 9.80 Å². The predicted octanol–water partition coefficient (Wildman–Crippen LogP) is 7.21. The Labute approximate surface area is 186 Å². The fourth-order valence-electron chi connectivity index (χ4n) is 4.52. The van der Waals surface area contributed by atoms with Gasteiger partial charge in [0.05, 0.1) is 12.1 Å². The van der Waals surface area contributed by atoms with Gasteiger partial charge in [-0.3, -0.25) is 9.80 Å². The second kappa shape index (κ2) is 10.6. The number of rotatable bonds is 9. The van der Waals surface area contributed by atoms with Crippen molar-refractivity contribution in [3.8, 4) is 0 Å². The summed E-state index contributed by atoms with van der Waals surface area (Å²) in [4.78, 5) is 5.39. The first kappa shape index (κ1) is 24.6. The van der Waals surface area contributed by atoms with E-state index in [4.69, 9.17) is 0 Å². The second-order valence-electron chi connectivity index (χ2n) is 11.0. The first-order valence-electron chi connectivity index (χ1n) is 11.6. The third-order valence-electron chi connectivity index (χ3n) is 5.54. The standard InChI is InChI=1S/C28H44N2/c1-9-29(21-27(3,4)5)25(23-17-13-11-14-18-23)26(24-19-15-12-16-20-24)30(10-2)22-28(6,7)8/h11-20,25-26H,9-10,21-22H2,1-8H3/t25-,26-/m1/s1. The summed E-state index contributed by atoms with van der Waals surface area (Å²) in [6.07, 6.45) is 0. The average molecular weight is 409 g/mol. The monoisotopic (exact) mass is 408 g/mol. The van der Waals surface area contributed by atoms with Crippen LogP contribution < -0.4 is 0 Å². The lowest BCUT2D eigenvalue weighted by Gasteiger charge is -2.46. The van der Waals surface area contributed by atoms with E-state index < -0.39 is 0 Å². The van der Waals surface area contributed by atoms with E-state index >= 15 is 0 Å². The molecule has 0 spiro atoms. The van der Waals surface area contributed by atoms with E-state index in [1.54, 1.807) is 0 Å². The van der Waals surface area contributed by atoms with Crippen molar-refractivity contribution in [2.45, 2.75) is 67.5 Å². The largest absolute Gasteiger partial charge is 0.294 e. The van der Waals surface area contributed by atoms with Crippen molar-refractivity contribution in [2.75, 3.05) is 26.2 Å². The molecule has 0 radical (unpaired) electrons. The van der Waals surface area contributed by atoms with Gasteiger partial charge in [0.15, 0.2) is 0 Å². The van der Waals surface area contributed by atoms with Crippen LogP contribution in [0, 0.1) is 10.8 Å². The molecule has 2 nitrogen and oxygen atoms in total. The van der Waals surface area contributed by atoms with Crippen LogP contribution >= 0.6 is 0 Å². The normalized spacial score (nSPS) is 14.9. The van der Waals surface area contributed by atoms with Gasteiger partial charge in [-0.15, -0.1) is 0 Å². The molecule has 0 N–H and O–H groups in total. The van der Waals surface area contributed by atoms with Crippen LogP contribution in [0.1, 0.15) is 78.6 Å². The average Bonchev–Trinajstić information content (AvgIpc) is 2.69. The highest BCUT2D eigenvalue weighted by Crippen LogP contribution is 2.40. The minimum atomic E-state index is 0.241. The van der Waals surface area contributed by atoms with Gasteiger partial charge in [0.1, 0.15) is 0 Å². The molecule has 2 atom stereocenters. The summed E-state index contributed by atoms with van der Waals surface area (Å²) >= 11 is 0. The Morgan fingerprint density at radius 2 is 0.867 bits per heavy atom. The summed E-state index contributed by atoms with van der Waals surface area (Å²) in [6, 6.07) is 22.9. The number of benzene rings is 2. The molecule has 0 aliphatic carbocycles. The summed E-state index contributed by atoms with van der Waals surface area (Å²) < 4.78 is 0. The van der Waals surface area contributed by atoms with Crippen molar-refractivity contribution in [3.63, 3.8) is 0 Å². The number of nitrogens with zero attached hydrogens (tertiary/aromatic N) is 2. The van der Waals surface area contributed by atoms with Crippen LogP contribution in [0.25, 0.3) is 0 Å². The smallest absolute Gasteiger partial charge is 0.0545 e. The van der Waals surface area contributed by atoms with E-state index in [0.717, 1.165) is 26.2 Å². The lowest BCUT2D eigenvalue weighted by molar-refractivity contribution is 0.0428. The van der Waals surface area contributed by atoms with Gasteiger partial charge in [-0.2, -0.15) is 0 Å². The topological polar surface area (TPSA) is 6.48 Å². The Morgan fingerprint density at radius 1 is 0.567 bits per heavy atom. The molecule has 30 heavy (non-hydrogen) atoms. The maximum Gasteiger partial charge on any atom is 0.0545 e. The molecule has 0 heterocycles. The summed E-state index contributed by atoms with van der Waals surface area (Å²) in [7, 11) is 0. The fraction of sp³-hybridized carbons (Fsp3) is 0.571. The van der Waals surface area contributed by atoms with Crippen LogP contribution in [0.5, 0.6) is 0 Å². The Kier molecular flexibility index (Phi) is 8.70. The van der Waals surface area contributed by atoms with Crippen LogP contribution in [0.3, 0.4) is 0 Å². The maximum absolute atomic E-state index is 2.69. The molecule has 0 bridgehead atoms. The minimum absolute atomic E-state index is 0.241. The second-order valence-corrected chi connectivity index (χ2v) is 11.0. The Balaban J connectivity index is 2.64. The summed E-state index contributed by atoms with van der Waals surface area (Å²) in [5.74, 6) is 0. The predicted molar refractivity (Wildman–Crippen MR) is 132 cm³/mol. The zero-order valence-electron chi connectivity index (χ0n) is 20.7. The maximum atomic E-state index is 2.69. The molecule has 2 aromatic rings. The molecule has 0 fully saturated rings. The van der Waals surface area contributed by atoms with Gasteiger partial charge in [-0.25, -0.2) is 0 Å². The molecular formula is C28H44N2. The van der Waals surface area contributed by atoms with Gasteiger partial charge < -0.3 is 0 Å². The molecule has 2 heteroatoms. The van der Waals surface area contributed by atoms with Gasteiger partial charge in [0.25, 0.3) is 0 Å². The molecular weight excluding hydrogens is 364 g/mol. The number of hydrogen-bond acceptors (Lipinski definition) is 2. The molecule has 2 rings (SSSR count). The molecule has 0 unspecified atom stereocenters. The van der Waals surface area contributed by atoms with E-state index in [9.17, 15) is 0 Å². The highest BCUT2D eigenvalue weighted by Gasteiger charge is 2.36. The summed E-state index contributed by atoms with van der Waals surface area (Å²) in [5.41, 5.74) is 3.30. The Bertz CT molecular complexity index is 659. The summed E-state index contributed by atoms with van der Waals surface area (Å²) in [6.45, 7) is 22.9. The van der Waals surface area contributed by atoms with Crippen molar-refractivity contribution in [3.05, 3.63) is 71.8 Å². The molecule has 0 saturated carbocycles. The highest BCUT2D eigenvalue weighted by atomic mass is 15.2.